The van der Waals surface area contributed by atoms with Crippen LogP contribution in [0.25, 0.3) is 6.08 Å². The van der Waals surface area contributed by atoms with E-state index in [4.69, 9.17) is 25.8 Å². The highest BCUT2D eigenvalue weighted by molar-refractivity contribution is 6.30. The summed E-state index contributed by atoms with van der Waals surface area (Å²) in [6.45, 7) is 2.03. The number of fused-ring (bicyclic) bond motifs is 1. The number of hydrogen-bond acceptors (Lipinski definition) is 4. The van der Waals surface area contributed by atoms with Crippen LogP contribution in [0.4, 0.5) is 0 Å². The molecule has 2 aromatic carbocycles. The van der Waals surface area contributed by atoms with E-state index in [9.17, 15) is 4.79 Å². The average Bonchev–Trinajstić information content (AvgIpc) is 3.25. The van der Waals surface area contributed by atoms with Crippen molar-refractivity contribution in [2.45, 2.75) is 25.5 Å². The van der Waals surface area contributed by atoms with Crippen LogP contribution in [-0.2, 0) is 16.1 Å². The first kappa shape index (κ1) is 19.8. The molecule has 4 rings (SSSR count). The normalized spacial score (nSPS) is 17.9. The van der Waals surface area contributed by atoms with Crippen molar-refractivity contribution >= 4 is 23.6 Å². The van der Waals surface area contributed by atoms with Crippen LogP contribution in [0, 0.1) is 0 Å². The number of carbonyl (C=O) groups excluding carboxylic acids is 1. The molecule has 0 spiro atoms. The molecule has 1 unspecified atom stereocenters. The van der Waals surface area contributed by atoms with Crippen LogP contribution in [0.15, 0.2) is 48.0 Å². The zero-order chi connectivity index (χ0) is 20.2. The first-order valence-electron chi connectivity index (χ1n) is 9.79. The summed E-state index contributed by atoms with van der Waals surface area (Å²) >= 11 is 6.11. The summed E-state index contributed by atoms with van der Waals surface area (Å²) < 4.78 is 16.9. The van der Waals surface area contributed by atoms with Gasteiger partial charge in [0.25, 0.3) is 5.91 Å². The van der Waals surface area contributed by atoms with Crippen LogP contribution in [0.3, 0.4) is 0 Å². The van der Waals surface area contributed by atoms with Crippen molar-refractivity contribution in [3.05, 3.63) is 64.2 Å². The smallest absolute Gasteiger partial charge is 0.253 e. The standard InChI is InChI=1S/C23H24ClNO4/c1-27-20-5-2-4-16(10-20)13-25(14-21-6-3-9-28-21)23(26)18-11-17-12-19(24)7-8-22(17)29-15-18/h2,4-5,7-8,10-12,21H,3,6,9,13-15H2,1H3. The summed E-state index contributed by atoms with van der Waals surface area (Å²) in [5.41, 5.74) is 2.45. The minimum absolute atomic E-state index is 0.0473. The second-order valence-electron chi connectivity index (χ2n) is 7.31. The van der Waals surface area contributed by atoms with E-state index in [-0.39, 0.29) is 18.6 Å². The van der Waals surface area contributed by atoms with Gasteiger partial charge in [0.05, 0.1) is 18.8 Å². The molecule has 1 amide bonds. The van der Waals surface area contributed by atoms with Crippen molar-refractivity contribution in [2.75, 3.05) is 26.9 Å². The second-order valence-corrected chi connectivity index (χ2v) is 7.75. The van der Waals surface area contributed by atoms with E-state index >= 15 is 0 Å². The first-order chi connectivity index (χ1) is 14.1. The fourth-order valence-electron chi connectivity index (χ4n) is 3.72. The lowest BCUT2D eigenvalue weighted by Gasteiger charge is -2.28. The van der Waals surface area contributed by atoms with Gasteiger partial charge in [-0.25, -0.2) is 0 Å². The Labute approximate surface area is 175 Å². The Balaban J connectivity index is 1.58. The van der Waals surface area contributed by atoms with Gasteiger partial charge in [-0.1, -0.05) is 23.7 Å². The van der Waals surface area contributed by atoms with Crippen LogP contribution >= 0.6 is 11.6 Å². The van der Waals surface area contributed by atoms with Crippen LogP contribution in [-0.4, -0.2) is 43.8 Å². The van der Waals surface area contributed by atoms with Gasteiger partial charge in [-0.2, -0.15) is 0 Å². The monoisotopic (exact) mass is 413 g/mol. The molecule has 6 heteroatoms. The van der Waals surface area contributed by atoms with Crippen molar-refractivity contribution in [2.24, 2.45) is 0 Å². The van der Waals surface area contributed by atoms with Crippen molar-refractivity contribution in [3.63, 3.8) is 0 Å². The Bertz CT molecular complexity index is 921. The lowest BCUT2D eigenvalue weighted by Crippen LogP contribution is -2.39. The summed E-state index contributed by atoms with van der Waals surface area (Å²) in [5, 5.41) is 0.616. The minimum Gasteiger partial charge on any atom is -0.497 e. The molecular weight excluding hydrogens is 390 g/mol. The molecule has 29 heavy (non-hydrogen) atoms. The van der Waals surface area contributed by atoms with Gasteiger partial charge in [-0.05, 0) is 54.8 Å². The summed E-state index contributed by atoms with van der Waals surface area (Å²) in [6.07, 6.45) is 3.94. The summed E-state index contributed by atoms with van der Waals surface area (Å²) in [4.78, 5) is 15.2. The second kappa shape index (κ2) is 8.89. The molecule has 1 atom stereocenters. The molecule has 0 aliphatic carbocycles. The number of carbonyl (C=O) groups is 1. The Morgan fingerprint density at radius 3 is 2.97 bits per heavy atom. The Kier molecular flexibility index (Phi) is 6.07. The van der Waals surface area contributed by atoms with Crippen LogP contribution in [0.1, 0.15) is 24.0 Å². The van der Waals surface area contributed by atoms with E-state index in [2.05, 4.69) is 0 Å². The number of methoxy groups -OCH3 is 1. The molecule has 1 saturated heterocycles. The number of amides is 1. The maximum atomic E-state index is 13.4. The first-order valence-corrected chi connectivity index (χ1v) is 10.2. The van der Waals surface area contributed by atoms with Crippen LogP contribution in [0.5, 0.6) is 11.5 Å². The molecule has 2 aliphatic rings. The third kappa shape index (κ3) is 4.74. The largest absolute Gasteiger partial charge is 0.497 e. The SMILES string of the molecule is COc1cccc(CN(CC2CCCO2)C(=O)C2=Cc3cc(Cl)ccc3OC2)c1. The number of nitrogens with zero attached hydrogens (tertiary/aromatic N) is 1. The predicted molar refractivity (Wildman–Crippen MR) is 112 cm³/mol. The number of ether oxygens (including phenoxy) is 3. The van der Waals surface area contributed by atoms with Crippen LogP contribution in [0.2, 0.25) is 5.02 Å². The van der Waals surface area contributed by atoms with Gasteiger partial charge in [0, 0.05) is 30.3 Å². The highest BCUT2D eigenvalue weighted by Crippen LogP contribution is 2.30. The van der Waals surface area contributed by atoms with Gasteiger partial charge in [0.1, 0.15) is 18.1 Å². The third-order valence-corrected chi connectivity index (χ3v) is 5.44. The molecule has 0 bridgehead atoms. The minimum atomic E-state index is -0.0473. The van der Waals surface area contributed by atoms with Gasteiger partial charge >= 0.3 is 0 Å². The summed E-state index contributed by atoms with van der Waals surface area (Å²) in [6, 6.07) is 13.2. The fraction of sp³-hybridized carbons (Fsp3) is 0.348. The van der Waals surface area contributed by atoms with Crippen LogP contribution < -0.4 is 9.47 Å². The van der Waals surface area contributed by atoms with E-state index in [0.29, 0.717) is 23.7 Å². The number of rotatable bonds is 6. The number of halogens is 1. The molecule has 1 fully saturated rings. The lowest BCUT2D eigenvalue weighted by atomic mass is 10.1. The van der Waals surface area contributed by atoms with Crippen molar-refractivity contribution in [1.29, 1.82) is 0 Å². The third-order valence-electron chi connectivity index (χ3n) is 5.20. The Morgan fingerprint density at radius 1 is 1.28 bits per heavy atom. The molecule has 0 N–H and O–H groups in total. The number of hydrogen-bond donors (Lipinski definition) is 0. The maximum Gasteiger partial charge on any atom is 0.253 e. The molecule has 152 valence electrons. The zero-order valence-electron chi connectivity index (χ0n) is 16.4. The van der Waals surface area contributed by atoms with E-state index in [1.807, 2.05) is 47.4 Å². The van der Waals surface area contributed by atoms with Gasteiger partial charge < -0.3 is 19.1 Å². The van der Waals surface area contributed by atoms with E-state index in [0.717, 1.165) is 42.1 Å². The average molecular weight is 414 g/mol. The van der Waals surface area contributed by atoms with E-state index in [1.54, 1.807) is 13.2 Å². The molecule has 2 aromatic rings. The maximum absolute atomic E-state index is 13.4. The topological polar surface area (TPSA) is 48.0 Å². The highest BCUT2D eigenvalue weighted by Gasteiger charge is 2.27. The predicted octanol–water partition coefficient (Wildman–Crippen LogP) is 4.33. The lowest BCUT2D eigenvalue weighted by molar-refractivity contribution is -0.129. The molecule has 5 nitrogen and oxygen atoms in total. The number of benzene rings is 2. The zero-order valence-corrected chi connectivity index (χ0v) is 17.2. The molecule has 0 aromatic heterocycles. The van der Waals surface area contributed by atoms with Crippen molar-refractivity contribution < 1.29 is 19.0 Å². The van der Waals surface area contributed by atoms with Crippen molar-refractivity contribution in [3.8, 4) is 11.5 Å². The highest BCUT2D eigenvalue weighted by atomic mass is 35.5. The van der Waals surface area contributed by atoms with Gasteiger partial charge in [-0.3, -0.25) is 4.79 Å². The Hall–Kier alpha value is -2.50. The summed E-state index contributed by atoms with van der Waals surface area (Å²) in [7, 11) is 1.64. The molecule has 2 aliphatic heterocycles. The summed E-state index contributed by atoms with van der Waals surface area (Å²) in [5.74, 6) is 1.47. The molecule has 2 heterocycles. The molecule has 0 radical (unpaired) electrons. The van der Waals surface area contributed by atoms with Gasteiger partial charge in [-0.15, -0.1) is 0 Å². The van der Waals surface area contributed by atoms with Crippen molar-refractivity contribution in [1.82, 2.24) is 4.90 Å². The van der Waals surface area contributed by atoms with E-state index < -0.39 is 0 Å². The van der Waals surface area contributed by atoms with Gasteiger partial charge in [0.15, 0.2) is 0 Å². The van der Waals surface area contributed by atoms with E-state index in [1.165, 1.54) is 0 Å². The van der Waals surface area contributed by atoms with Gasteiger partial charge in [0.2, 0.25) is 0 Å². The Morgan fingerprint density at radius 2 is 2.17 bits per heavy atom. The molecule has 0 saturated carbocycles. The quantitative estimate of drug-likeness (QED) is 0.707. The molecular formula is C23H24ClNO4. The fourth-order valence-corrected chi connectivity index (χ4v) is 3.90.